The molecule has 1 aromatic rings. The third-order valence-electron chi connectivity index (χ3n) is 4.26. The Morgan fingerprint density at radius 1 is 1.33 bits per heavy atom. The van der Waals surface area contributed by atoms with Crippen LogP contribution in [0.2, 0.25) is 0 Å². The molecule has 0 aromatic heterocycles. The molecule has 0 spiro atoms. The molecule has 116 valence electrons. The zero-order chi connectivity index (χ0) is 15.2. The van der Waals surface area contributed by atoms with Crippen LogP contribution in [0, 0.1) is 0 Å². The molecule has 0 saturated carbocycles. The SMILES string of the molecule is CCc1ccc(C2C(N)CCCC(=O)N2CCOC)cc1. The van der Waals surface area contributed by atoms with Crippen LogP contribution in [0.4, 0.5) is 0 Å². The summed E-state index contributed by atoms with van der Waals surface area (Å²) in [5.74, 6) is 0.185. The van der Waals surface area contributed by atoms with E-state index in [9.17, 15) is 4.79 Å². The zero-order valence-electron chi connectivity index (χ0n) is 13.0. The Hall–Kier alpha value is -1.39. The van der Waals surface area contributed by atoms with Crippen molar-refractivity contribution in [3.63, 3.8) is 0 Å². The van der Waals surface area contributed by atoms with E-state index in [0.29, 0.717) is 19.6 Å². The lowest BCUT2D eigenvalue weighted by atomic mass is 9.95. The van der Waals surface area contributed by atoms with E-state index in [2.05, 4.69) is 31.2 Å². The number of nitrogens with two attached hydrogens (primary N) is 1. The molecule has 1 aromatic carbocycles. The van der Waals surface area contributed by atoms with Gasteiger partial charge in [-0.05, 0) is 30.4 Å². The number of carbonyl (C=O) groups is 1. The highest BCUT2D eigenvalue weighted by molar-refractivity contribution is 5.77. The number of carbonyl (C=O) groups excluding carboxylic acids is 1. The van der Waals surface area contributed by atoms with Gasteiger partial charge in [0.25, 0.3) is 0 Å². The number of amides is 1. The summed E-state index contributed by atoms with van der Waals surface area (Å²) in [7, 11) is 1.66. The monoisotopic (exact) mass is 290 g/mol. The minimum atomic E-state index is -0.0407. The van der Waals surface area contributed by atoms with Crippen LogP contribution in [0.5, 0.6) is 0 Å². The van der Waals surface area contributed by atoms with Crippen LogP contribution in [0.15, 0.2) is 24.3 Å². The molecule has 4 heteroatoms. The van der Waals surface area contributed by atoms with Crippen molar-refractivity contribution in [2.75, 3.05) is 20.3 Å². The van der Waals surface area contributed by atoms with Gasteiger partial charge >= 0.3 is 0 Å². The molecule has 4 nitrogen and oxygen atoms in total. The lowest BCUT2D eigenvalue weighted by Gasteiger charge is -2.34. The molecule has 1 amide bonds. The fraction of sp³-hybridized carbons (Fsp3) is 0.588. The van der Waals surface area contributed by atoms with Gasteiger partial charge in [0.15, 0.2) is 0 Å². The van der Waals surface area contributed by atoms with Gasteiger partial charge in [-0.15, -0.1) is 0 Å². The minimum Gasteiger partial charge on any atom is -0.383 e. The third-order valence-corrected chi connectivity index (χ3v) is 4.26. The summed E-state index contributed by atoms with van der Waals surface area (Å²) in [5, 5.41) is 0. The van der Waals surface area contributed by atoms with Gasteiger partial charge in [0.2, 0.25) is 5.91 Å². The van der Waals surface area contributed by atoms with E-state index in [1.165, 1.54) is 5.56 Å². The van der Waals surface area contributed by atoms with Crippen LogP contribution in [0.1, 0.15) is 43.4 Å². The highest BCUT2D eigenvalue weighted by Gasteiger charge is 2.32. The highest BCUT2D eigenvalue weighted by atomic mass is 16.5. The van der Waals surface area contributed by atoms with Gasteiger partial charge in [-0.1, -0.05) is 31.2 Å². The molecule has 2 rings (SSSR count). The highest BCUT2D eigenvalue weighted by Crippen LogP contribution is 2.30. The van der Waals surface area contributed by atoms with E-state index < -0.39 is 0 Å². The van der Waals surface area contributed by atoms with Crippen LogP contribution in [0.3, 0.4) is 0 Å². The Morgan fingerprint density at radius 2 is 2.05 bits per heavy atom. The van der Waals surface area contributed by atoms with Crippen LogP contribution >= 0.6 is 0 Å². The van der Waals surface area contributed by atoms with Gasteiger partial charge in [-0.2, -0.15) is 0 Å². The van der Waals surface area contributed by atoms with Gasteiger partial charge in [-0.25, -0.2) is 0 Å². The van der Waals surface area contributed by atoms with E-state index in [1.54, 1.807) is 7.11 Å². The minimum absolute atomic E-state index is 0.0132. The molecule has 2 unspecified atom stereocenters. The molecule has 0 radical (unpaired) electrons. The molecule has 2 N–H and O–H groups in total. The number of nitrogens with zero attached hydrogens (tertiary/aromatic N) is 1. The molecule has 0 bridgehead atoms. The Bertz CT molecular complexity index is 458. The number of likely N-dealkylation sites (tertiary alicyclic amines) is 1. The van der Waals surface area contributed by atoms with Crippen molar-refractivity contribution >= 4 is 5.91 Å². The average molecular weight is 290 g/mol. The molecule has 21 heavy (non-hydrogen) atoms. The summed E-state index contributed by atoms with van der Waals surface area (Å²) in [6.45, 7) is 3.28. The van der Waals surface area contributed by atoms with Crippen molar-refractivity contribution in [2.45, 2.75) is 44.7 Å². The van der Waals surface area contributed by atoms with Crippen molar-refractivity contribution in [3.05, 3.63) is 35.4 Å². The molecule has 1 heterocycles. The molecule has 1 saturated heterocycles. The molecule has 1 aliphatic rings. The second-order valence-corrected chi connectivity index (χ2v) is 5.68. The van der Waals surface area contributed by atoms with Crippen molar-refractivity contribution in [1.29, 1.82) is 0 Å². The Morgan fingerprint density at radius 3 is 2.67 bits per heavy atom. The number of aryl methyl sites for hydroxylation is 1. The lowest BCUT2D eigenvalue weighted by molar-refractivity contribution is -0.134. The quantitative estimate of drug-likeness (QED) is 0.905. The second kappa shape index (κ2) is 7.57. The van der Waals surface area contributed by atoms with Gasteiger partial charge in [-0.3, -0.25) is 4.79 Å². The van der Waals surface area contributed by atoms with Crippen LogP contribution in [-0.4, -0.2) is 37.1 Å². The fourth-order valence-corrected chi connectivity index (χ4v) is 3.01. The molecule has 1 aliphatic heterocycles. The number of rotatable bonds is 5. The summed E-state index contributed by atoms with van der Waals surface area (Å²) in [4.78, 5) is 14.3. The van der Waals surface area contributed by atoms with Gasteiger partial charge < -0.3 is 15.4 Å². The summed E-state index contributed by atoms with van der Waals surface area (Å²) >= 11 is 0. The first-order valence-corrected chi connectivity index (χ1v) is 7.80. The number of hydrogen-bond acceptors (Lipinski definition) is 3. The number of hydrogen-bond donors (Lipinski definition) is 1. The van der Waals surface area contributed by atoms with E-state index in [0.717, 1.165) is 24.8 Å². The normalized spacial score (nSPS) is 23.2. The number of ether oxygens (including phenoxy) is 1. The van der Waals surface area contributed by atoms with E-state index in [1.807, 2.05) is 4.90 Å². The lowest BCUT2D eigenvalue weighted by Crippen LogP contribution is -2.43. The fourth-order valence-electron chi connectivity index (χ4n) is 3.01. The maximum Gasteiger partial charge on any atom is 0.223 e. The smallest absolute Gasteiger partial charge is 0.223 e. The summed E-state index contributed by atoms with van der Waals surface area (Å²) in [6.07, 6.45) is 3.35. The van der Waals surface area contributed by atoms with Gasteiger partial charge in [0.05, 0.1) is 12.6 Å². The van der Waals surface area contributed by atoms with Crippen molar-refractivity contribution in [1.82, 2.24) is 4.90 Å². The Kier molecular flexibility index (Phi) is 5.76. The largest absolute Gasteiger partial charge is 0.383 e. The number of methoxy groups -OCH3 is 1. The van der Waals surface area contributed by atoms with Crippen molar-refractivity contribution in [2.24, 2.45) is 5.73 Å². The summed E-state index contributed by atoms with van der Waals surface area (Å²) in [6, 6.07) is 8.43. The topological polar surface area (TPSA) is 55.6 Å². The van der Waals surface area contributed by atoms with Crippen molar-refractivity contribution < 1.29 is 9.53 Å². The van der Waals surface area contributed by atoms with Gasteiger partial charge in [0.1, 0.15) is 0 Å². The zero-order valence-corrected chi connectivity index (χ0v) is 13.0. The Labute approximate surface area is 127 Å². The van der Waals surface area contributed by atoms with E-state index in [-0.39, 0.29) is 18.0 Å². The maximum atomic E-state index is 12.4. The third kappa shape index (κ3) is 3.83. The Balaban J connectivity index is 2.28. The molecule has 1 fully saturated rings. The predicted molar refractivity (Wildman–Crippen MR) is 84.0 cm³/mol. The first-order valence-electron chi connectivity index (χ1n) is 7.80. The van der Waals surface area contributed by atoms with Crippen molar-refractivity contribution in [3.8, 4) is 0 Å². The predicted octanol–water partition coefficient (Wildman–Crippen LogP) is 2.28. The molecular formula is C17H26N2O2. The van der Waals surface area contributed by atoms with Gasteiger partial charge in [0, 0.05) is 26.1 Å². The average Bonchev–Trinajstić information content (AvgIpc) is 2.64. The van der Waals surface area contributed by atoms with Crippen LogP contribution in [-0.2, 0) is 16.0 Å². The maximum absolute atomic E-state index is 12.4. The van der Waals surface area contributed by atoms with Crippen LogP contribution < -0.4 is 5.73 Å². The molecule has 0 aliphatic carbocycles. The van der Waals surface area contributed by atoms with Crippen LogP contribution in [0.25, 0.3) is 0 Å². The first kappa shape index (κ1) is 16.0. The van der Waals surface area contributed by atoms with E-state index >= 15 is 0 Å². The molecular weight excluding hydrogens is 264 g/mol. The first-order chi connectivity index (χ1) is 10.2. The van der Waals surface area contributed by atoms with E-state index in [4.69, 9.17) is 10.5 Å². The summed E-state index contributed by atoms with van der Waals surface area (Å²) < 4.78 is 5.15. The summed E-state index contributed by atoms with van der Waals surface area (Å²) in [5.41, 5.74) is 8.80. The second-order valence-electron chi connectivity index (χ2n) is 5.68. The number of benzene rings is 1. The standard InChI is InChI=1S/C17H26N2O2/c1-3-13-7-9-14(10-8-13)17-15(18)5-4-6-16(20)19(17)11-12-21-2/h7-10,15,17H,3-6,11-12,18H2,1-2H3. The molecule has 2 atom stereocenters.